The van der Waals surface area contributed by atoms with Crippen molar-refractivity contribution < 1.29 is 0 Å². The summed E-state index contributed by atoms with van der Waals surface area (Å²) in [5, 5.41) is 0. The lowest BCUT2D eigenvalue weighted by atomic mass is 10.0. The van der Waals surface area contributed by atoms with Gasteiger partial charge in [0.05, 0.1) is 5.69 Å². The molecule has 2 N–H and O–H groups in total. The Morgan fingerprint density at radius 3 is 2.44 bits per heavy atom. The van der Waals surface area contributed by atoms with Gasteiger partial charge in [-0.3, -0.25) is 0 Å². The molecule has 3 heteroatoms. The van der Waals surface area contributed by atoms with Crippen LogP contribution in [0.5, 0.6) is 0 Å². The Kier molecular flexibility index (Phi) is 3.82. The Balaban J connectivity index is 2.28. The predicted octanol–water partition coefficient (Wildman–Crippen LogP) is 2.94. The zero-order valence-corrected chi connectivity index (χ0v) is 11.4. The van der Waals surface area contributed by atoms with Gasteiger partial charge in [-0.05, 0) is 18.4 Å². The van der Waals surface area contributed by atoms with Gasteiger partial charge in [-0.1, -0.05) is 38.1 Å². The fraction of sp³-hybridized carbons (Fsp3) is 0.400. The second-order valence-electron chi connectivity index (χ2n) is 4.93. The van der Waals surface area contributed by atoms with Gasteiger partial charge in [-0.2, -0.15) is 0 Å². The summed E-state index contributed by atoms with van der Waals surface area (Å²) in [6, 6.07) is 8.64. The number of rotatable bonds is 4. The summed E-state index contributed by atoms with van der Waals surface area (Å²) in [6.45, 7) is 7.89. The molecular weight excluding hydrogens is 222 g/mol. The lowest BCUT2D eigenvalue weighted by molar-refractivity contribution is 0.684. The van der Waals surface area contributed by atoms with E-state index in [1.807, 2.05) is 6.92 Å². The van der Waals surface area contributed by atoms with Crippen LogP contribution in [0.25, 0.3) is 11.3 Å². The van der Waals surface area contributed by atoms with E-state index in [0.29, 0.717) is 12.5 Å². The van der Waals surface area contributed by atoms with Crippen LogP contribution in [0.2, 0.25) is 0 Å². The van der Waals surface area contributed by atoms with Gasteiger partial charge in [-0.15, -0.1) is 0 Å². The van der Waals surface area contributed by atoms with Gasteiger partial charge >= 0.3 is 0 Å². The van der Waals surface area contributed by atoms with Crippen LogP contribution in [0, 0.1) is 6.92 Å². The zero-order chi connectivity index (χ0) is 13.1. The first-order valence-corrected chi connectivity index (χ1v) is 6.46. The Hall–Kier alpha value is -1.61. The van der Waals surface area contributed by atoms with Crippen LogP contribution in [0.1, 0.15) is 31.2 Å². The van der Waals surface area contributed by atoms with E-state index < -0.39 is 0 Å². The van der Waals surface area contributed by atoms with Crippen molar-refractivity contribution in [3.8, 4) is 11.3 Å². The van der Waals surface area contributed by atoms with E-state index in [9.17, 15) is 0 Å². The molecule has 1 aromatic heterocycles. The molecule has 0 unspecified atom stereocenters. The zero-order valence-electron chi connectivity index (χ0n) is 11.4. The molecule has 3 nitrogen and oxygen atoms in total. The second kappa shape index (κ2) is 5.36. The maximum Gasteiger partial charge on any atom is 0.106 e. The number of nitrogens with two attached hydrogens (primary N) is 1. The molecule has 1 aromatic carbocycles. The van der Waals surface area contributed by atoms with E-state index in [1.165, 1.54) is 11.1 Å². The Labute approximate surface area is 109 Å². The monoisotopic (exact) mass is 243 g/mol. The minimum absolute atomic E-state index is 0.565. The minimum atomic E-state index is 0.565. The smallest absolute Gasteiger partial charge is 0.106 e. The van der Waals surface area contributed by atoms with E-state index in [2.05, 4.69) is 53.9 Å². The number of nitrogens with zero attached hydrogens (tertiary/aromatic N) is 2. The number of imidazole rings is 1. The highest BCUT2D eigenvalue weighted by atomic mass is 15.1. The first-order chi connectivity index (χ1) is 8.61. The summed E-state index contributed by atoms with van der Waals surface area (Å²) in [7, 11) is 0. The molecule has 0 amide bonds. The molecule has 0 saturated carbocycles. The fourth-order valence-electron chi connectivity index (χ4n) is 2.05. The molecule has 0 aliphatic rings. The molecule has 2 rings (SSSR count). The molecule has 2 aromatic rings. The molecule has 96 valence electrons. The third kappa shape index (κ3) is 2.62. The summed E-state index contributed by atoms with van der Waals surface area (Å²) in [4.78, 5) is 4.58. The van der Waals surface area contributed by atoms with Crippen molar-refractivity contribution >= 4 is 0 Å². The van der Waals surface area contributed by atoms with Crippen molar-refractivity contribution in [3.63, 3.8) is 0 Å². The van der Waals surface area contributed by atoms with Crippen LogP contribution in [0.15, 0.2) is 30.5 Å². The van der Waals surface area contributed by atoms with E-state index >= 15 is 0 Å². The predicted molar refractivity (Wildman–Crippen MR) is 75.5 cm³/mol. The van der Waals surface area contributed by atoms with Crippen LogP contribution >= 0.6 is 0 Å². The lowest BCUT2D eigenvalue weighted by Crippen LogP contribution is -2.10. The number of aryl methyl sites for hydroxylation is 1. The van der Waals surface area contributed by atoms with E-state index in [1.54, 1.807) is 0 Å². The van der Waals surface area contributed by atoms with Gasteiger partial charge in [0.25, 0.3) is 0 Å². The highest BCUT2D eigenvalue weighted by Crippen LogP contribution is 2.22. The molecule has 0 saturated heterocycles. The minimum Gasteiger partial charge on any atom is -0.333 e. The number of benzene rings is 1. The third-order valence-electron chi connectivity index (χ3n) is 3.22. The number of hydrogen-bond donors (Lipinski definition) is 1. The van der Waals surface area contributed by atoms with Gasteiger partial charge < -0.3 is 10.3 Å². The first-order valence-electron chi connectivity index (χ1n) is 6.46. The van der Waals surface area contributed by atoms with Gasteiger partial charge in [0.15, 0.2) is 0 Å². The maximum atomic E-state index is 5.58. The van der Waals surface area contributed by atoms with E-state index in [-0.39, 0.29) is 0 Å². The molecular formula is C15H21N3. The largest absolute Gasteiger partial charge is 0.333 e. The number of hydrogen-bond acceptors (Lipinski definition) is 2. The summed E-state index contributed by atoms with van der Waals surface area (Å²) in [6.07, 6.45) is 2.08. The normalized spacial score (nSPS) is 11.2. The molecule has 18 heavy (non-hydrogen) atoms. The first kappa shape index (κ1) is 12.8. The van der Waals surface area contributed by atoms with Crippen LogP contribution in [0.4, 0.5) is 0 Å². The van der Waals surface area contributed by atoms with Gasteiger partial charge in [0.1, 0.15) is 5.82 Å². The summed E-state index contributed by atoms with van der Waals surface area (Å²) in [5.74, 6) is 1.58. The fourth-order valence-corrected chi connectivity index (χ4v) is 2.05. The maximum absolute atomic E-state index is 5.58. The Bertz CT molecular complexity index is 509. The molecule has 0 spiro atoms. The van der Waals surface area contributed by atoms with Gasteiger partial charge in [-0.25, -0.2) is 4.98 Å². The standard InChI is InChI=1S/C15H21N3/c1-11(2)13-4-6-14(7-5-13)15-10-18(9-8-16)12(3)17-15/h4-7,10-11H,8-9,16H2,1-3H3. The topological polar surface area (TPSA) is 43.8 Å². The molecule has 0 radical (unpaired) electrons. The van der Waals surface area contributed by atoms with Gasteiger partial charge in [0, 0.05) is 24.8 Å². The van der Waals surface area contributed by atoms with Crippen molar-refractivity contribution in [2.24, 2.45) is 5.73 Å². The molecule has 1 heterocycles. The Morgan fingerprint density at radius 1 is 1.22 bits per heavy atom. The quantitative estimate of drug-likeness (QED) is 0.897. The van der Waals surface area contributed by atoms with Crippen molar-refractivity contribution in [2.75, 3.05) is 6.54 Å². The van der Waals surface area contributed by atoms with Crippen molar-refractivity contribution in [1.29, 1.82) is 0 Å². The average molecular weight is 243 g/mol. The molecule has 0 bridgehead atoms. The van der Waals surface area contributed by atoms with Crippen LogP contribution in [-0.4, -0.2) is 16.1 Å². The highest BCUT2D eigenvalue weighted by molar-refractivity contribution is 5.59. The van der Waals surface area contributed by atoms with E-state index in [4.69, 9.17) is 5.73 Å². The summed E-state index contributed by atoms with van der Waals surface area (Å²) in [5.41, 5.74) is 9.13. The van der Waals surface area contributed by atoms with Crippen LogP contribution < -0.4 is 5.73 Å². The highest BCUT2D eigenvalue weighted by Gasteiger charge is 2.06. The molecule has 0 fully saturated rings. The summed E-state index contributed by atoms with van der Waals surface area (Å²) >= 11 is 0. The van der Waals surface area contributed by atoms with E-state index in [0.717, 1.165) is 18.1 Å². The summed E-state index contributed by atoms with van der Waals surface area (Å²) < 4.78 is 2.10. The van der Waals surface area contributed by atoms with Crippen molar-refractivity contribution in [1.82, 2.24) is 9.55 Å². The molecule has 0 aliphatic carbocycles. The Morgan fingerprint density at radius 2 is 1.89 bits per heavy atom. The van der Waals surface area contributed by atoms with Crippen molar-refractivity contribution in [3.05, 3.63) is 41.9 Å². The third-order valence-corrected chi connectivity index (χ3v) is 3.22. The second-order valence-corrected chi connectivity index (χ2v) is 4.93. The molecule has 0 atom stereocenters. The number of aromatic nitrogens is 2. The van der Waals surface area contributed by atoms with Crippen LogP contribution in [-0.2, 0) is 6.54 Å². The SMILES string of the molecule is Cc1nc(-c2ccc(C(C)C)cc2)cn1CCN. The van der Waals surface area contributed by atoms with Crippen molar-refractivity contribution in [2.45, 2.75) is 33.2 Å². The average Bonchev–Trinajstić information content (AvgIpc) is 2.72. The lowest BCUT2D eigenvalue weighted by Gasteiger charge is -2.05. The van der Waals surface area contributed by atoms with Crippen LogP contribution in [0.3, 0.4) is 0 Å². The molecule has 0 aliphatic heterocycles. The van der Waals surface area contributed by atoms with Gasteiger partial charge in [0.2, 0.25) is 0 Å².